The van der Waals surface area contributed by atoms with Gasteiger partial charge in [-0.1, -0.05) is 48.5 Å². The normalized spacial score (nSPS) is 12.7. The van der Waals surface area contributed by atoms with Crippen molar-refractivity contribution in [1.82, 2.24) is 0 Å². The SMILES string of the molecule is CC(C)N(c1ccccc1C(CCN)c1ccccc1)C(C)C. The molecule has 1 unspecified atom stereocenters. The van der Waals surface area contributed by atoms with Gasteiger partial charge >= 0.3 is 0 Å². The highest BCUT2D eigenvalue weighted by atomic mass is 15.2. The van der Waals surface area contributed by atoms with E-state index in [1.807, 2.05) is 0 Å². The van der Waals surface area contributed by atoms with E-state index in [2.05, 4.69) is 87.2 Å². The van der Waals surface area contributed by atoms with Gasteiger partial charge in [0.15, 0.2) is 0 Å². The molecule has 0 radical (unpaired) electrons. The Bertz CT molecular complexity index is 582. The molecule has 0 spiro atoms. The predicted molar refractivity (Wildman–Crippen MR) is 101 cm³/mol. The molecule has 0 aliphatic heterocycles. The molecule has 2 aromatic rings. The van der Waals surface area contributed by atoms with Crippen LogP contribution in [-0.4, -0.2) is 18.6 Å². The van der Waals surface area contributed by atoms with Gasteiger partial charge in [-0.3, -0.25) is 0 Å². The number of nitrogens with two attached hydrogens (primary N) is 1. The van der Waals surface area contributed by atoms with Crippen molar-refractivity contribution in [3.8, 4) is 0 Å². The topological polar surface area (TPSA) is 29.3 Å². The first-order chi connectivity index (χ1) is 11.1. The van der Waals surface area contributed by atoms with Gasteiger partial charge in [-0.2, -0.15) is 0 Å². The van der Waals surface area contributed by atoms with Crippen LogP contribution in [0.5, 0.6) is 0 Å². The zero-order valence-corrected chi connectivity index (χ0v) is 14.9. The van der Waals surface area contributed by atoms with Crippen molar-refractivity contribution in [2.45, 2.75) is 52.1 Å². The van der Waals surface area contributed by atoms with E-state index in [0.29, 0.717) is 24.5 Å². The van der Waals surface area contributed by atoms with Crippen molar-refractivity contribution in [2.24, 2.45) is 5.73 Å². The number of benzene rings is 2. The molecule has 0 saturated carbocycles. The average molecular weight is 310 g/mol. The molecular weight excluding hydrogens is 280 g/mol. The second kappa shape index (κ2) is 8.16. The highest BCUT2D eigenvalue weighted by Crippen LogP contribution is 2.36. The molecule has 0 amide bonds. The number of hydrogen-bond acceptors (Lipinski definition) is 2. The summed E-state index contributed by atoms with van der Waals surface area (Å²) in [5, 5.41) is 0. The molecule has 0 saturated heterocycles. The van der Waals surface area contributed by atoms with E-state index in [9.17, 15) is 0 Å². The molecule has 2 heteroatoms. The Morgan fingerprint density at radius 2 is 1.39 bits per heavy atom. The van der Waals surface area contributed by atoms with Crippen molar-refractivity contribution in [3.63, 3.8) is 0 Å². The number of nitrogens with zero attached hydrogens (tertiary/aromatic N) is 1. The smallest absolute Gasteiger partial charge is 0.0409 e. The van der Waals surface area contributed by atoms with E-state index < -0.39 is 0 Å². The molecule has 124 valence electrons. The first-order valence-corrected chi connectivity index (χ1v) is 8.68. The van der Waals surface area contributed by atoms with E-state index in [-0.39, 0.29) is 0 Å². The Kier molecular flexibility index (Phi) is 6.23. The van der Waals surface area contributed by atoms with Crippen LogP contribution < -0.4 is 10.6 Å². The predicted octanol–water partition coefficient (Wildman–Crippen LogP) is 4.79. The summed E-state index contributed by atoms with van der Waals surface area (Å²) in [6.45, 7) is 9.74. The molecular formula is C21H30N2. The molecule has 2 nitrogen and oxygen atoms in total. The summed E-state index contributed by atoms with van der Waals surface area (Å²) in [4.78, 5) is 2.50. The van der Waals surface area contributed by atoms with E-state index in [1.165, 1.54) is 16.8 Å². The third-order valence-electron chi connectivity index (χ3n) is 4.36. The maximum Gasteiger partial charge on any atom is 0.0409 e. The lowest BCUT2D eigenvalue weighted by Crippen LogP contribution is -2.38. The largest absolute Gasteiger partial charge is 0.366 e. The van der Waals surface area contributed by atoms with Crippen LogP contribution in [0.3, 0.4) is 0 Å². The minimum atomic E-state index is 0.345. The standard InChI is InChI=1S/C21H30N2/c1-16(2)23(17(3)4)21-13-9-8-12-20(21)19(14-15-22)18-10-6-5-7-11-18/h5-13,16-17,19H,14-15,22H2,1-4H3. The molecule has 0 heterocycles. The van der Waals surface area contributed by atoms with Crippen LogP contribution in [0.15, 0.2) is 54.6 Å². The summed E-state index contributed by atoms with van der Waals surface area (Å²) in [7, 11) is 0. The number of hydrogen-bond donors (Lipinski definition) is 1. The second-order valence-electron chi connectivity index (χ2n) is 6.69. The molecule has 2 rings (SSSR count). The summed E-state index contributed by atoms with van der Waals surface area (Å²) >= 11 is 0. The van der Waals surface area contributed by atoms with Crippen LogP contribution >= 0.6 is 0 Å². The summed E-state index contributed by atoms with van der Waals surface area (Å²) in [6.07, 6.45) is 0.963. The Hall–Kier alpha value is -1.80. The molecule has 0 aliphatic rings. The average Bonchev–Trinajstić information content (AvgIpc) is 2.53. The third-order valence-corrected chi connectivity index (χ3v) is 4.36. The Morgan fingerprint density at radius 3 is 1.96 bits per heavy atom. The van der Waals surface area contributed by atoms with Crippen LogP contribution in [0.25, 0.3) is 0 Å². The van der Waals surface area contributed by atoms with Gasteiger partial charge in [0, 0.05) is 23.7 Å². The van der Waals surface area contributed by atoms with Crippen LogP contribution in [0, 0.1) is 0 Å². The van der Waals surface area contributed by atoms with E-state index in [4.69, 9.17) is 5.73 Å². The Morgan fingerprint density at radius 1 is 0.826 bits per heavy atom. The molecule has 2 aromatic carbocycles. The van der Waals surface area contributed by atoms with Crippen LogP contribution in [0.2, 0.25) is 0 Å². The minimum absolute atomic E-state index is 0.345. The maximum atomic E-state index is 5.94. The van der Waals surface area contributed by atoms with E-state index in [0.717, 1.165) is 6.42 Å². The number of para-hydroxylation sites is 1. The first-order valence-electron chi connectivity index (χ1n) is 8.68. The van der Waals surface area contributed by atoms with Crippen molar-refractivity contribution in [2.75, 3.05) is 11.4 Å². The monoisotopic (exact) mass is 310 g/mol. The van der Waals surface area contributed by atoms with Gasteiger partial charge in [0.25, 0.3) is 0 Å². The fraction of sp³-hybridized carbons (Fsp3) is 0.429. The molecule has 0 fully saturated rings. The quantitative estimate of drug-likeness (QED) is 0.796. The summed E-state index contributed by atoms with van der Waals surface area (Å²) in [6, 6.07) is 20.5. The highest BCUT2D eigenvalue weighted by molar-refractivity contribution is 5.58. The summed E-state index contributed by atoms with van der Waals surface area (Å²) < 4.78 is 0. The lowest BCUT2D eigenvalue weighted by molar-refractivity contribution is 0.600. The zero-order valence-electron chi connectivity index (χ0n) is 14.9. The highest BCUT2D eigenvalue weighted by Gasteiger charge is 2.22. The van der Waals surface area contributed by atoms with Gasteiger partial charge in [0.2, 0.25) is 0 Å². The fourth-order valence-electron chi connectivity index (χ4n) is 3.52. The van der Waals surface area contributed by atoms with Gasteiger partial charge in [0.1, 0.15) is 0 Å². The number of rotatable bonds is 7. The zero-order chi connectivity index (χ0) is 16.8. The van der Waals surface area contributed by atoms with Gasteiger partial charge < -0.3 is 10.6 Å². The van der Waals surface area contributed by atoms with Crippen molar-refractivity contribution < 1.29 is 0 Å². The lowest BCUT2D eigenvalue weighted by atomic mass is 9.87. The molecule has 0 aliphatic carbocycles. The summed E-state index contributed by atoms with van der Waals surface area (Å²) in [5.74, 6) is 0.345. The molecule has 1 atom stereocenters. The summed E-state index contributed by atoms with van der Waals surface area (Å²) in [5.41, 5.74) is 10.00. The fourth-order valence-corrected chi connectivity index (χ4v) is 3.52. The van der Waals surface area contributed by atoms with Gasteiger partial charge in [-0.25, -0.2) is 0 Å². The van der Waals surface area contributed by atoms with E-state index >= 15 is 0 Å². The third kappa shape index (κ3) is 4.14. The molecule has 0 aromatic heterocycles. The molecule has 2 N–H and O–H groups in total. The van der Waals surface area contributed by atoms with Crippen LogP contribution in [0.1, 0.15) is 51.2 Å². The molecule has 23 heavy (non-hydrogen) atoms. The van der Waals surface area contributed by atoms with Crippen molar-refractivity contribution in [1.29, 1.82) is 0 Å². The lowest BCUT2D eigenvalue weighted by Gasteiger charge is -2.36. The van der Waals surface area contributed by atoms with Crippen molar-refractivity contribution >= 4 is 5.69 Å². The second-order valence-corrected chi connectivity index (χ2v) is 6.69. The maximum absolute atomic E-state index is 5.94. The first kappa shape index (κ1) is 17.6. The van der Waals surface area contributed by atoms with Gasteiger partial charge in [-0.15, -0.1) is 0 Å². The Labute approximate surface area is 141 Å². The minimum Gasteiger partial charge on any atom is -0.366 e. The van der Waals surface area contributed by atoms with Crippen molar-refractivity contribution in [3.05, 3.63) is 65.7 Å². The van der Waals surface area contributed by atoms with Gasteiger partial charge in [0.05, 0.1) is 0 Å². The van der Waals surface area contributed by atoms with Crippen LogP contribution in [-0.2, 0) is 0 Å². The van der Waals surface area contributed by atoms with E-state index in [1.54, 1.807) is 0 Å². The Balaban J connectivity index is 2.52. The molecule has 0 bridgehead atoms. The van der Waals surface area contributed by atoms with Crippen LogP contribution in [0.4, 0.5) is 5.69 Å². The van der Waals surface area contributed by atoms with Gasteiger partial charge in [-0.05, 0) is 57.9 Å². The number of anilines is 1.